The Hall–Kier alpha value is -2.91. The second-order valence-electron chi connectivity index (χ2n) is 6.23. The molecule has 0 radical (unpaired) electrons. The molecule has 2 heterocycles. The van der Waals surface area contributed by atoms with Crippen LogP contribution in [0, 0.1) is 11.8 Å². The molecule has 1 aromatic heterocycles. The molecular weight excluding hydrogens is 353 g/mol. The summed E-state index contributed by atoms with van der Waals surface area (Å²) < 4.78 is 39.5. The molecule has 1 N–H and O–H groups in total. The quantitative estimate of drug-likeness (QED) is 0.896. The first-order chi connectivity index (χ1) is 12.2. The lowest BCUT2D eigenvalue weighted by Crippen LogP contribution is -2.30. The Labute approximate surface area is 146 Å². The van der Waals surface area contributed by atoms with E-state index in [2.05, 4.69) is 10.3 Å². The third kappa shape index (κ3) is 3.39. The highest BCUT2D eigenvalue weighted by Crippen LogP contribution is 2.30. The van der Waals surface area contributed by atoms with E-state index in [1.807, 2.05) is 0 Å². The maximum atomic E-state index is 12.8. The molecule has 1 amide bonds. The lowest BCUT2D eigenvalue weighted by atomic mass is 9.99. The van der Waals surface area contributed by atoms with Crippen molar-refractivity contribution in [3.8, 4) is 5.69 Å². The molecular formula is C16H15F3N4O3. The standard InChI is InChI=1S/C16H15F3N4O3/c1-9-6-22(7-12(9)15(25)26)14(24)13-8-23(21-20-13)11-4-2-3-10(5-11)16(17,18)19/h2-5,8-9,12H,6-7H2,1H3,(H,25,26)/t9-,12-/m1/s1. The summed E-state index contributed by atoms with van der Waals surface area (Å²) in [5.41, 5.74) is -0.777. The fourth-order valence-corrected chi connectivity index (χ4v) is 2.93. The predicted molar refractivity (Wildman–Crippen MR) is 82.6 cm³/mol. The molecule has 0 saturated carbocycles. The third-order valence-corrected chi connectivity index (χ3v) is 4.37. The fraction of sp³-hybridized carbons (Fsp3) is 0.375. The van der Waals surface area contributed by atoms with E-state index in [-0.39, 0.29) is 30.4 Å². The lowest BCUT2D eigenvalue weighted by Gasteiger charge is -2.13. The Kier molecular flexibility index (Phi) is 4.43. The summed E-state index contributed by atoms with van der Waals surface area (Å²) in [4.78, 5) is 25.0. The van der Waals surface area contributed by atoms with Gasteiger partial charge in [-0.2, -0.15) is 13.2 Å². The molecule has 0 spiro atoms. The molecule has 0 unspecified atom stereocenters. The average Bonchev–Trinajstić information content (AvgIpc) is 3.20. The molecule has 1 aromatic carbocycles. The summed E-state index contributed by atoms with van der Waals surface area (Å²) in [6, 6.07) is 4.49. The number of rotatable bonds is 3. The van der Waals surface area contributed by atoms with Gasteiger partial charge in [0.2, 0.25) is 0 Å². The highest BCUT2D eigenvalue weighted by Gasteiger charge is 2.38. The van der Waals surface area contributed by atoms with Gasteiger partial charge in [-0.3, -0.25) is 9.59 Å². The molecule has 26 heavy (non-hydrogen) atoms. The van der Waals surface area contributed by atoms with Crippen molar-refractivity contribution in [1.82, 2.24) is 19.9 Å². The Morgan fingerprint density at radius 3 is 2.62 bits per heavy atom. The fourth-order valence-electron chi connectivity index (χ4n) is 2.93. The summed E-state index contributed by atoms with van der Waals surface area (Å²) in [6.45, 7) is 2.07. The molecule has 7 nitrogen and oxygen atoms in total. The van der Waals surface area contributed by atoms with E-state index in [1.54, 1.807) is 6.92 Å². The summed E-state index contributed by atoms with van der Waals surface area (Å²) in [6.07, 6.45) is -3.26. The Bertz CT molecular complexity index is 849. The Morgan fingerprint density at radius 1 is 1.27 bits per heavy atom. The summed E-state index contributed by atoms with van der Waals surface area (Å²) in [5, 5.41) is 16.6. The number of amides is 1. The average molecular weight is 368 g/mol. The van der Waals surface area contributed by atoms with Crippen molar-refractivity contribution in [3.63, 3.8) is 0 Å². The second-order valence-corrected chi connectivity index (χ2v) is 6.23. The highest BCUT2D eigenvalue weighted by atomic mass is 19.4. The number of hydrogen-bond donors (Lipinski definition) is 1. The number of alkyl halides is 3. The normalized spacial score (nSPS) is 20.4. The number of nitrogens with zero attached hydrogens (tertiary/aromatic N) is 4. The minimum Gasteiger partial charge on any atom is -0.481 e. The summed E-state index contributed by atoms with van der Waals surface area (Å²) in [7, 11) is 0. The lowest BCUT2D eigenvalue weighted by molar-refractivity contribution is -0.142. The maximum absolute atomic E-state index is 12.8. The highest BCUT2D eigenvalue weighted by molar-refractivity contribution is 5.92. The van der Waals surface area contributed by atoms with Crippen LogP contribution in [0.1, 0.15) is 23.0 Å². The van der Waals surface area contributed by atoms with E-state index in [0.29, 0.717) is 0 Å². The van der Waals surface area contributed by atoms with Crippen molar-refractivity contribution in [3.05, 3.63) is 41.7 Å². The van der Waals surface area contributed by atoms with Gasteiger partial charge in [0.15, 0.2) is 5.69 Å². The van der Waals surface area contributed by atoms with Crippen LogP contribution in [-0.2, 0) is 11.0 Å². The van der Waals surface area contributed by atoms with Gasteiger partial charge in [-0.05, 0) is 24.1 Å². The van der Waals surface area contributed by atoms with Crippen molar-refractivity contribution in [2.24, 2.45) is 11.8 Å². The summed E-state index contributed by atoms with van der Waals surface area (Å²) >= 11 is 0. The first-order valence-electron chi connectivity index (χ1n) is 7.79. The van der Waals surface area contributed by atoms with Crippen LogP contribution in [0.5, 0.6) is 0 Å². The van der Waals surface area contributed by atoms with Crippen molar-refractivity contribution >= 4 is 11.9 Å². The van der Waals surface area contributed by atoms with Gasteiger partial charge < -0.3 is 10.0 Å². The second kappa shape index (κ2) is 6.43. The van der Waals surface area contributed by atoms with Crippen LogP contribution in [0.2, 0.25) is 0 Å². The SMILES string of the molecule is C[C@@H]1CN(C(=O)c2cn(-c3cccc(C(F)(F)F)c3)nn2)C[C@H]1C(=O)O. The van der Waals surface area contributed by atoms with Crippen LogP contribution < -0.4 is 0 Å². The van der Waals surface area contributed by atoms with Crippen LogP contribution in [0.15, 0.2) is 30.5 Å². The first kappa shape index (κ1) is 17.9. The number of hydrogen-bond acceptors (Lipinski definition) is 4. The number of likely N-dealkylation sites (tertiary alicyclic amines) is 1. The third-order valence-electron chi connectivity index (χ3n) is 4.37. The van der Waals surface area contributed by atoms with E-state index in [4.69, 9.17) is 5.11 Å². The molecule has 0 bridgehead atoms. The number of carboxylic acid groups (broad SMARTS) is 1. The van der Waals surface area contributed by atoms with E-state index >= 15 is 0 Å². The Morgan fingerprint density at radius 2 is 2.00 bits per heavy atom. The molecule has 1 aliphatic rings. The number of carbonyl (C=O) groups is 2. The minimum atomic E-state index is -4.49. The van der Waals surface area contributed by atoms with Gasteiger partial charge in [0.25, 0.3) is 5.91 Å². The van der Waals surface area contributed by atoms with Crippen molar-refractivity contribution in [2.45, 2.75) is 13.1 Å². The topological polar surface area (TPSA) is 88.3 Å². The van der Waals surface area contributed by atoms with Crippen LogP contribution in [-0.4, -0.2) is 50.0 Å². The zero-order chi connectivity index (χ0) is 19.1. The molecule has 1 aliphatic heterocycles. The largest absolute Gasteiger partial charge is 0.481 e. The number of aliphatic carboxylic acids is 1. The zero-order valence-corrected chi connectivity index (χ0v) is 13.6. The van der Waals surface area contributed by atoms with Gasteiger partial charge in [-0.25, -0.2) is 4.68 Å². The number of carbonyl (C=O) groups excluding carboxylic acids is 1. The molecule has 1 fully saturated rings. The molecule has 138 valence electrons. The van der Waals surface area contributed by atoms with Gasteiger partial charge in [0.05, 0.1) is 23.4 Å². The van der Waals surface area contributed by atoms with Crippen molar-refractivity contribution in [1.29, 1.82) is 0 Å². The van der Waals surface area contributed by atoms with Gasteiger partial charge in [0, 0.05) is 13.1 Å². The van der Waals surface area contributed by atoms with E-state index in [1.165, 1.54) is 23.2 Å². The molecule has 2 atom stereocenters. The van der Waals surface area contributed by atoms with Gasteiger partial charge in [0.1, 0.15) is 0 Å². The molecule has 2 aromatic rings. The molecule has 1 saturated heterocycles. The van der Waals surface area contributed by atoms with Crippen molar-refractivity contribution < 1.29 is 27.9 Å². The smallest absolute Gasteiger partial charge is 0.416 e. The number of halogens is 3. The van der Waals surface area contributed by atoms with Gasteiger partial charge in [-0.1, -0.05) is 18.2 Å². The molecule has 3 rings (SSSR count). The first-order valence-corrected chi connectivity index (χ1v) is 7.79. The Balaban J connectivity index is 1.80. The number of benzene rings is 1. The van der Waals surface area contributed by atoms with E-state index in [9.17, 15) is 22.8 Å². The monoisotopic (exact) mass is 368 g/mol. The minimum absolute atomic E-state index is 0.0550. The van der Waals surface area contributed by atoms with E-state index < -0.39 is 29.5 Å². The van der Waals surface area contributed by atoms with Crippen LogP contribution in [0.25, 0.3) is 5.69 Å². The number of carboxylic acids is 1. The van der Waals surface area contributed by atoms with Crippen LogP contribution in [0.3, 0.4) is 0 Å². The van der Waals surface area contributed by atoms with Crippen LogP contribution in [0.4, 0.5) is 13.2 Å². The molecule has 10 heteroatoms. The van der Waals surface area contributed by atoms with E-state index in [0.717, 1.165) is 16.8 Å². The number of aromatic nitrogens is 3. The predicted octanol–water partition coefficient (Wildman–Crippen LogP) is 2.08. The summed E-state index contributed by atoms with van der Waals surface area (Å²) in [5.74, 6) is -2.33. The van der Waals surface area contributed by atoms with Crippen molar-refractivity contribution in [2.75, 3.05) is 13.1 Å². The zero-order valence-electron chi connectivity index (χ0n) is 13.6. The van der Waals surface area contributed by atoms with Gasteiger partial charge >= 0.3 is 12.1 Å². The van der Waals surface area contributed by atoms with Gasteiger partial charge in [-0.15, -0.1) is 5.10 Å². The van der Waals surface area contributed by atoms with Crippen LogP contribution >= 0.6 is 0 Å². The molecule has 0 aliphatic carbocycles. The maximum Gasteiger partial charge on any atom is 0.416 e.